The quantitative estimate of drug-likeness (QED) is 0.162. The van der Waals surface area contributed by atoms with E-state index in [1.807, 2.05) is 24.3 Å². The van der Waals surface area contributed by atoms with Gasteiger partial charge in [0.15, 0.2) is 0 Å². The molecule has 0 saturated heterocycles. The number of rotatable bonds is 5. The van der Waals surface area contributed by atoms with Gasteiger partial charge in [-0.25, -0.2) is 0 Å². The van der Waals surface area contributed by atoms with Gasteiger partial charge in [0.05, 0.1) is 0 Å². The number of hydrogen-bond donors (Lipinski definition) is 0. The molecule has 0 radical (unpaired) electrons. The lowest BCUT2D eigenvalue weighted by atomic mass is 9.82. The minimum atomic E-state index is 0.898. The third kappa shape index (κ3) is 5.44. The highest BCUT2D eigenvalue weighted by atomic mass is 16.3. The van der Waals surface area contributed by atoms with E-state index in [4.69, 9.17) is 8.83 Å². The Kier molecular flexibility index (Phi) is 7.64. The number of furan rings is 2. The summed E-state index contributed by atoms with van der Waals surface area (Å²) in [6.07, 6.45) is 0. The fourth-order valence-electron chi connectivity index (χ4n) is 9.93. The molecule has 0 atom stereocenters. The van der Waals surface area contributed by atoms with Gasteiger partial charge in [0.1, 0.15) is 22.3 Å². The highest BCUT2D eigenvalue weighted by molar-refractivity contribution is 6.25. The SMILES string of the molecule is c1ccc(-c2cccc(-c3c4cc(-c5ccc6oc7ccccc7c6c5)ccc4c(-c4cccc5ccccc45)c4cc(-c5ccc6oc7ccccc7c6c5)ccc34)c2)cc1. The van der Waals surface area contributed by atoms with Gasteiger partial charge in [-0.1, -0.05) is 164 Å². The summed E-state index contributed by atoms with van der Waals surface area (Å²) in [6.45, 7) is 0. The summed E-state index contributed by atoms with van der Waals surface area (Å²) in [6, 6.07) is 79.2. The van der Waals surface area contributed by atoms with Crippen LogP contribution in [0, 0.1) is 0 Å². The zero-order valence-corrected chi connectivity index (χ0v) is 33.6. The predicted octanol–water partition coefficient (Wildman–Crippen LogP) is 17.3. The van der Waals surface area contributed by atoms with Crippen LogP contribution in [0.3, 0.4) is 0 Å². The van der Waals surface area contributed by atoms with Crippen molar-refractivity contribution in [2.24, 2.45) is 0 Å². The summed E-state index contributed by atoms with van der Waals surface area (Å²) in [4.78, 5) is 0. The largest absolute Gasteiger partial charge is 0.456 e. The molecule has 2 heterocycles. The molecule has 11 aromatic carbocycles. The Morgan fingerprint density at radius 2 is 0.645 bits per heavy atom. The zero-order valence-electron chi connectivity index (χ0n) is 33.6. The van der Waals surface area contributed by atoms with E-state index in [-0.39, 0.29) is 0 Å². The van der Waals surface area contributed by atoms with Gasteiger partial charge in [0.25, 0.3) is 0 Å². The second-order valence-electron chi connectivity index (χ2n) is 16.4. The molecule has 2 heteroatoms. The van der Waals surface area contributed by atoms with Crippen molar-refractivity contribution in [1.82, 2.24) is 0 Å². The Labute approximate surface area is 357 Å². The molecular formula is C60H36O2. The molecule has 0 N–H and O–H groups in total. The third-order valence-electron chi connectivity index (χ3n) is 12.9. The van der Waals surface area contributed by atoms with Gasteiger partial charge in [0, 0.05) is 21.5 Å². The predicted molar refractivity (Wildman–Crippen MR) is 261 cm³/mol. The maximum atomic E-state index is 6.26. The second-order valence-corrected chi connectivity index (χ2v) is 16.4. The van der Waals surface area contributed by atoms with E-state index in [1.165, 1.54) is 65.7 Å². The summed E-state index contributed by atoms with van der Waals surface area (Å²) in [5.41, 5.74) is 15.5. The maximum absolute atomic E-state index is 6.26. The van der Waals surface area contributed by atoms with Gasteiger partial charge >= 0.3 is 0 Å². The first-order chi connectivity index (χ1) is 30.7. The Bertz CT molecular complexity index is 3920. The van der Waals surface area contributed by atoms with Gasteiger partial charge in [-0.15, -0.1) is 0 Å². The van der Waals surface area contributed by atoms with Gasteiger partial charge in [-0.05, 0) is 143 Å². The summed E-state index contributed by atoms with van der Waals surface area (Å²) in [5, 5.41) is 11.8. The highest BCUT2D eigenvalue weighted by Crippen LogP contribution is 2.48. The fraction of sp³-hybridized carbons (Fsp3) is 0. The van der Waals surface area contributed by atoms with Crippen LogP contribution in [0.2, 0.25) is 0 Å². The average Bonchev–Trinajstić information content (AvgIpc) is 3.91. The van der Waals surface area contributed by atoms with Crippen molar-refractivity contribution in [2.45, 2.75) is 0 Å². The molecule has 0 aliphatic carbocycles. The normalized spacial score (nSPS) is 11.9. The molecule has 0 bridgehead atoms. The average molecular weight is 789 g/mol. The van der Waals surface area contributed by atoms with Crippen LogP contribution in [-0.4, -0.2) is 0 Å². The number of fused-ring (bicyclic) bond motifs is 9. The van der Waals surface area contributed by atoms with Crippen LogP contribution in [0.25, 0.3) is 132 Å². The van der Waals surface area contributed by atoms with Gasteiger partial charge < -0.3 is 8.83 Å². The van der Waals surface area contributed by atoms with E-state index in [1.54, 1.807) is 0 Å². The first kappa shape index (κ1) is 34.6. The van der Waals surface area contributed by atoms with Crippen LogP contribution in [-0.2, 0) is 0 Å². The maximum Gasteiger partial charge on any atom is 0.135 e. The van der Waals surface area contributed by atoms with Crippen molar-refractivity contribution in [1.29, 1.82) is 0 Å². The third-order valence-corrected chi connectivity index (χ3v) is 12.9. The summed E-state index contributed by atoms with van der Waals surface area (Å²) in [7, 11) is 0. The van der Waals surface area contributed by atoms with Crippen molar-refractivity contribution in [3.8, 4) is 55.6 Å². The number of para-hydroxylation sites is 2. The smallest absolute Gasteiger partial charge is 0.135 e. The van der Waals surface area contributed by atoms with Crippen molar-refractivity contribution in [3.63, 3.8) is 0 Å². The van der Waals surface area contributed by atoms with Gasteiger partial charge in [-0.2, -0.15) is 0 Å². The van der Waals surface area contributed by atoms with E-state index in [0.717, 1.165) is 66.1 Å². The molecule has 2 aromatic heterocycles. The van der Waals surface area contributed by atoms with Crippen LogP contribution < -0.4 is 0 Å². The Balaban J connectivity index is 1.13. The van der Waals surface area contributed by atoms with Crippen LogP contribution in [0.5, 0.6) is 0 Å². The molecule has 0 aliphatic rings. The van der Waals surface area contributed by atoms with Crippen LogP contribution in [0.15, 0.2) is 227 Å². The van der Waals surface area contributed by atoms with Crippen molar-refractivity contribution in [2.75, 3.05) is 0 Å². The van der Waals surface area contributed by atoms with E-state index in [9.17, 15) is 0 Å². The molecule has 0 amide bonds. The molecule has 0 saturated carbocycles. The van der Waals surface area contributed by atoms with Crippen molar-refractivity contribution < 1.29 is 8.83 Å². The number of benzene rings is 11. The summed E-state index contributed by atoms with van der Waals surface area (Å²) < 4.78 is 12.5. The lowest BCUT2D eigenvalue weighted by Gasteiger charge is -2.21. The lowest BCUT2D eigenvalue weighted by Crippen LogP contribution is -1.94. The van der Waals surface area contributed by atoms with E-state index >= 15 is 0 Å². The molecule has 13 rings (SSSR count). The molecule has 62 heavy (non-hydrogen) atoms. The van der Waals surface area contributed by atoms with Crippen LogP contribution >= 0.6 is 0 Å². The van der Waals surface area contributed by atoms with E-state index in [0.29, 0.717) is 0 Å². The minimum absolute atomic E-state index is 0.898. The second kappa shape index (κ2) is 13.7. The summed E-state index contributed by atoms with van der Waals surface area (Å²) >= 11 is 0. The molecule has 0 aliphatic heterocycles. The molecule has 0 spiro atoms. The molecule has 0 unspecified atom stereocenters. The van der Waals surface area contributed by atoms with Crippen LogP contribution in [0.1, 0.15) is 0 Å². The van der Waals surface area contributed by atoms with Crippen molar-refractivity contribution >= 4 is 76.2 Å². The number of hydrogen-bond acceptors (Lipinski definition) is 2. The van der Waals surface area contributed by atoms with Gasteiger partial charge in [0.2, 0.25) is 0 Å². The Morgan fingerprint density at radius 3 is 1.31 bits per heavy atom. The van der Waals surface area contributed by atoms with Crippen LogP contribution in [0.4, 0.5) is 0 Å². The zero-order chi connectivity index (χ0) is 40.7. The fourth-order valence-corrected chi connectivity index (χ4v) is 9.93. The molecule has 288 valence electrons. The van der Waals surface area contributed by atoms with E-state index in [2.05, 4.69) is 194 Å². The highest BCUT2D eigenvalue weighted by Gasteiger charge is 2.21. The van der Waals surface area contributed by atoms with Gasteiger partial charge in [-0.3, -0.25) is 0 Å². The Morgan fingerprint density at radius 1 is 0.210 bits per heavy atom. The Hall–Kier alpha value is -8.20. The monoisotopic (exact) mass is 788 g/mol. The van der Waals surface area contributed by atoms with Crippen molar-refractivity contribution in [3.05, 3.63) is 218 Å². The van der Waals surface area contributed by atoms with E-state index < -0.39 is 0 Å². The topological polar surface area (TPSA) is 26.3 Å². The minimum Gasteiger partial charge on any atom is -0.456 e. The molecule has 13 aromatic rings. The lowest BCUT2D eigenvalue weighted by molar-refractivity contribution is 0.668. The summed E-state index contributed by atoms with van der Waals surface area (Å²) in [5.74, 6) is 0. The molecule has 2 nitrogen and oxygen atoms in total. The first-order valence-corrected chi connectivity index (χ1v) is 21.2. The molecular weight excluding hydrogens is 753 g/mol. The standard InChI is InChI=1S/C60H36O2/c1-2-12-37(13-3-1)39-16-10-17-44(32-39)59-49-28-24-41(43-27-31-58-52(34-43)47-20-7-9-23-56(47)62-58)36-54(49)60(48-21-11-15-38-14-4-5-18-45(38)48)50-29-25-40(35-53(50)59)42-26-30-57-51(33-42)46-19-6-8-22-55(46)61-57/h1-36H. The first-order valence-electron chi connectivity index (χ1n) is 21.2. The molecule has 0 fully saturated rings.